The van der Waals surface area contributed by atoms with Gasteiger partial charge in [-0.1, -0.05) is 39.1 Å². The van der Waals surface area contributed by atoms with Crippen molar-refractivity contribution in [2.75, 3.05) is 10.7 Å². The van der Waals surface area contributed by atoms with Crippen LogP contribution < -0.4 is 16.2 Å². The van der Waals surface area contributed by atoms with Crippen molar-refractivity contribution in [1.82, 2.24) is 15.4 Å². The number of hydrogen-bond acceptors (Lipinski definition) is 7. The van der Waals surface area contributed by atoms with Crippen molar-refractivity contribution in [2.45, 2.75) is 0 Å². The van der Waals surface area contributed by atoms with Crippen molar-refractivity contribution < 1.29 is 9.72 Å². The van der Waals surface area contributed by atoms with E-state index in [1.54, 1.807) is 36.4 Å². The molecule has 2 aromatic carbocycles. The lowest BCUT2D eigenvalue weighted by Gasteiger charge is -2.12. The average molecular weight is 498 g/mol. The third-order valence-electron chi connectivity index (χ3n) is 3.59. The van der Waals surface area contributed by atoms with E-state index in [2.05, 4.69) is 42.1 Å². The number of benzene rings is 2. The van der Waals surface area contributed by atoms with Crippen LogP contribution in [0.5, 0.6) is 0 Å². The highest BCUT2D eigenvalue weighted by Gasteiger charge is 2.24. The van der Waals surface area contributed by atoms with Gasteiger partial charge in [0.1, 0.15) is 6.33 Å². The van der Waals surface area contributed by atoms with Gasteiger partial charge in [-0.2, -0.15) is 0 Å². The van der Waals surface area contributed by atoms with Crippen LogP contribution in [0.25, 0.3) is 0 Å². The minimum atomic E-state index is -0.680. The van der Waals surface area contributed by atoms with E-state index in [9.17, 15) is 14.9 Å². The molecule has 148 valence electrons. The number of amides is 1. The van der Waals surface area contributed by atoms with E-state index in [-0.39, 0.29) is 16.7 Å². The molecule has 0 atom stereocenters. The molecule has 9 nitrogen and oxygen atoms in total. The van der Waals surface area contributed by atoms with E-state index in [0.29, 0.717) is 16.3 Å². The van der Waals surface area contributed by atoms with Crippen LogP contribution >= 0.6 is 39.1 Å². The summed E-state index contributed by atoms with van der Waals surface area (Å²) in [6.45, 7) is 0. The van der Waals surface area contributed by atoms with Gasteiger partial charge in [-0.15, -0.1) is 0 Å². The molecule has 3 N–H and O–H groups in total. The van der Waals surface area contributed by atoms with Crippen molar-refractivity contribution in [2.24, 2.45) is 0 Å². The highest BCUT2D eigenvalue weighted by atomic mass is 79.9. The quantitative estimate of drug-likeness (QED) is 0.325. The van der Waals surface area contributed by atoms with E-state index in [1.807, 2.05) is 0 Å². The van der Waals surface area contributed by atoms with Crippen LogP contribution in [0.2, 0.25) is 10.0 Å². The Morgan fingerprint density at radius 3 is 2.41 bits per heavy atom. The van der Waals surface area contributed by atoms with Crippen LogP contribution in [-0.2, 0) is 0 Å². The second-order valence-corrected chi connectivity index (χ2v) is 7.27. The molecule has 12 heteroatoms. The van der Waals surface area contributed by atoms with E-state index in [1.165, 1.54) is 6.07 Å². The lowest BCUT2D eigenvalue weighted by molar-refractivity contribution is -0.383. The Morgan fingerprint density at radius 2 is 1.76 bits per heavy atom. The van der Waals surface area contributed by atoms with E-state index in [0.717, 1.165) is 10.8 Å². The second kappa shape index (κ2) is 9.03. The summed E-state index contributed by atoms with van der Waals surface area (Å²) >= 11 is 15.2. The summed E-state index contributed by atoms with van der Waals surface area (Å²) < 4.78 is 0.810. The molecule has 0 spiro atoms. The van der Waals surface area contributed by atoms with Crippen LogP contribution in [-0.4, -0.2) is 20.8 Å². The fourth-order valence-electron chi connectivity index (χ4n) is 2.24. The van der Waals surface area contributed by atoms with Gasteiger partial charge in [-0.25, -0.2) is 9.97 Å². The molecule has 1 amide bonds. The summed E-state index contributed by atoms with van der Waals surface area (Å²) in [4.78, 5) is 30.9. The van der Waals surface area contributed by atoms with Gasteiger partial charge in [0, 0.05) is 15.1 Å². The predicted molar refractivity (Wildman–Crippen MR) is 114 cm³/mol. The number of nitrogens with one attached hydrogen (secondary N) is 3. The molecular weight excluding hydrogens is 487 g/mol. The zero-order valence-corrected chi connectivity index (χ0v) is 17.4. The smallest absolute Gasteiger partial charge is 0.333 e. The Bertz CT molecular complexity index is 1080. The SMILES string of the molecule is O=C(NNc1ncnc(Nc2ccc(Cl)cc2Cl)c1[N+](=O)[O-])c1ccc(Br)cc1. The molecule has 3 rings (SSSR count). The van der Waals surface area contributed by atoms with Gasteiger partial charge in [0.25, 0.3) is 5.91 Å². The third-order valence-corrected chi connectivity index (χ3v) is 4.67. The fraction of sp³-hybridized carbons (Fsp3) is 0. The predicted octanol–water partition coefficient (Wildman–Crippen LogP) is 4.95. The maximum atomic E-state index is 12.2. The van der Waals surface area contributed by atoms with Crippen molar-refractivity contribution in [1.29, 1.82) is 0 Å². The highest BCUT2D eigenvalue weighted by molar-refractivity contribution is 9.10. The Hall–Kier alpha value is -2.95. The first-order chi connectivity index (χ1) is 13.8. The van der Waals surface area contributed by atoms with Gasteiger partial charge in [0.15, 0.2) is 0 Å². The van der Waals surface area contributed by atoms with Gasteiger partial charge in [0.2, 0.25) is 11.6 Å². The normalized spacial score (nSPS) is 10.3. The monoisotopic (exact) mass is 496 g/mol. The lowest BCUT2D eigenvalue weighted by Crippen LogP contribution is -2.30. The summed E-state index contributed by atoms with van der Waals surface area (Å²) in [5, 5.41) is 15.0. The molecule has 0 aliphatic heterocycles. The van der Waals surface area contributed by atoms with Crippen LogP contribution in [0, 0.1) is 10.1 Å². The van der Waals surface area contributed by atoms with Gasteiger partial charge >= 0.3 is 5.69 Å². The first kappa shape index (κ1) is 20.8. The molecule has 0 unspecified atom stereocenters. The van der Waals surface area contributed by atoms with Crippen molar-refractivity contribution >= 4 is 68.0 Å². The number of carbonyl (C=O) groups is 1. The van der Waals surface area contributed by atoms with Gasteiger partial charge < -0.3 is 5.32 Å². The number of nitro groups is 1. The van der Waals surface area contributed by atoms with Crippen LogP contribution in [0.1, 0.15) is 10.4 Å². The van der Waals surface area contributed by atoms with Gasteiger partial charge in [-0.3, -0.25) is 25.8 Å². The van der Waals surface area contributed by atoms with Crippen molar-refractivity contribution in [3.8, 4) is 0 Å². The number of anilines is 3. The first-order valence-electron chi connectivity index (χ1n) is 7.88. The zero-order valence-electron chi connectivity index (χ0n) is 14.3. The number of hydrogen-bond donors (Lipinski definition) is 3. The summed E-state index contributed by atoms with van der Waals surface area (Å²) in [5.41, 5.74) is 5.07. The standard InChI is InChI=1S/C17H11BrCl2N6O3/c18-10-3-1-9(2-4-10)17(27)25-24-16-14(26(28)29)15(21-8-22-16)23-13-6-5-11(19)7-12(13)20/h1-8H,(H,25,27)(H2,21,22,23,24). The molecule has 0 saturated carbocycles. The summed E-state index contributed by atoms with van der Waals surface area (Å²) in [5.74, 6) is -0.821. The first-order valence-corrected chi connectivity index (χ1v) is 9.43. The third kappa shape index (κ3) is 5.11. The topological polar surface area (TPSA) is 122 Å². The van der Waals surface area contributed by atoms with Crippen molar-refractivity contribution in [3.63, 3.8) is 0 Å². The Kier molecular flexibility index (Phi) is 6.47. The van der Waals surface area contributed by atoms with E-state index in [4.69, 9.17) is 23.2 Å². The molecule has 0 saturated heterocycles. The number of carbonyl (C=O) groups excluding carboxylic acids is 1. The Labute approximate surface area is 182 Å². The molecule has 0 fully saturated rings. The van der Waals surface area contributed by atoms with Crippen LogP contribution in [0.4, 0.5) is 23.0 Å². The van der Waals surface area contributed by atoms with E-state index >= 15 is 0 Å². The molecule has 0 bridgehead atoms. The number of nitrogens with zero attached hydrogens (tertiary/aromatic N) is 3. The largest absolute Gasteiger partial charge is 0.355 e. The molecule has 3 aromatic rings. The van der Waals surface area contributed by atoms with Gasteiger partial charge in [-0.05, 0) is 42.5 Å². The minimum absolute atomic E-state index is 0.116. The Morgan fingerprint density at radius 1 is 1.07 bits per heavy atom. The summed E-state index contributed by atoms with van der Waals surface area (Å²) in [6.07, 6.45) is 1.10. The lowest BCUT2D eigenvalue weighted by atomic mass is 10.2. The second-order valence-electron chi connectivity index (χ2n) is 5.51. The maximum absolute atomic E-state index is 12.2. The number of aromatic nitrogens is 2. The van der Waals surface area contributed by atoms with Gasteiger partial charge in [0.05, 0.1) is 15.6 Å². The number of hydrazine groups is 1. The van der Waals surface area contributed by atoms with Crippen LogP contribution in [0.15, 0.2) is 53.3 Å². The Balaban J connectivity index is 1.83. The average Bonchev–Trinajstić information content (AvgIpc) is 2.68. The van der Waals surface area contributed by atoms with E-state index < -0.39 is 16.5 Å². The minimum Gasteiger partial charge on any atom is -0.333 e. The molecule has 1 heterocycles. The van der Waals surface area contributed by atoms with Crippen molar-refractivity contribution in [3.05, 3.63) is 79.0 Å². The van der Waals surface area contributed by atoms with Crippen LogP contribution in [0.3, 0.4) is 0 Å². The highest BCUT2D eigenvalue weighted by Crippen LogP contribution is 2.34. The number of rotatable bonds is 6. The molecule has 0 aliphatic carbocycles. The number of halogens is 3. The molecule has 1 aromatic heterocycles. The summed E-state index contributed by atoms with van der Waals surface area (Å²) in [6, 6.07) is 11.2. The maximum Gasteiger partial charge on any atom is 0.355 e. The fourth-order valence-corrected chi connectivity index (χ4v) is 2.96. The zero-order chi connectivity index (χ0) is 21.0. The molecular formula is C17H11BrCl2N6O3. The molecule has 0 radical (unpaired) electrons. The molecule has 29 heavy (non-hydrogen) atoms. The molecule has 0 aliphatic rings. The summed E-state index contributed by atoms with van der Waals surface area (Å²) in [7, 11) is 0.